The Kier molecular flexibility index (Phi) is 7.35. The molecule has 1 atom stereocenters. The Hall–Kier alpha value is -2.56. The summed E-state index contributed by atoms with van der Waals surface area (Å²) in [4.78, 5) is 12.5. The third kappa shape index (κ3) is 5.13. The summed E-state index contributed by atoms with van der Waals surface area (Å²) in [5.41, 5.74) is 5.38. The quantitative estimate of drug-likeness (QED) is 0.411. The average Bonchev–Trinajstić information content (AvgIpc) is 3.03. The molecular formula is C25H28ClNO3. The van der Waals surface area contributed by atoms with Gasteiger partial charge >= 0.3 is 5.97 Å². The SMILES string of the molecule is CCOC(=O)c1cc(C[C@H](C)OCc2ccccc2)n(-c2ccc(C)cc2Cl)c1C. The van der Waals surface area contributed by atoms with E-state index >= 15 is 0 Å². The predicted octanol–water partition coefficient (Wildman–Crippen LogP) is 6.07. The Morgan fingerprint density at radius 3 is 2.50 bits per heavy atom. The minimum Gasteiger partial charge on any atom is -0.462 e. The zero-order chi connectivity index (χ0) is 21.7. The highest BCUT2D eigenvalue weighted by Crippen LogP contribution is 2.29. The van der Waals surface area contributed by atoms with Crippen molar-refractivity contribution in [2.75, 3.05) is 6.61 Å². The van der Waals surface area contributed by atoms with Crippen LogP contribution < -0.4 is 0 Å². The largest absolute Gasteiger partial charge is 0.462 e. The van der Waals surface area contributed by atoms with E-state index in [1.807, 2.05) is 86.9 Å². The number of carbonyl (C=O) groups is 1. The fraction of sp³-hybridized carbons (Fsp3) is 0.320. The van der Waals surface area contributed by atoms with Crippen LogP contribution in [-0.4, -0.2) is 23.2 Å². The van der Waals surface area contributed by atoms with Crippen LogP contribution in [0.1, 0.15) is 46.7 Å². The number of ether oxygens (including phenoxy) is 2. The number of carbonyl (C=O) groups excluding carboxylic acids is 1. The first-order valence-corrected chi connectivity index (χ1v) is 10.6. The second-order valence-corrected chi connectivity index (χ2v) is 7.86. The lowest BCUT2D eigenvalue weighted by atomic mass is 10.1. The molecule has 0 saturated heterocycles. The third-order valence-electron chi connectivity index (χ3n) is 5.04. The molecule has 2 aromatic carbocycles. The van der Waals surface area contributed by atoms with E-state index in [4.69, 9.17) is 21.1 Å². The molecule has 4 nitrogen and oxygen atoms in total. The second kappa shape index (κ2) is 9.96. The molecule has 0 spiro atoms. The van der Waals surface area contributed by atoms with Crippen LogP contribution in [-0.2, 0) is 22.5 Å². The predicted molar refractivity (Wildman–Crippen MR) is 121 cm³/mol. The summed E-state index contributed by atoms with van der Waals surface area (Å²) in [7, 11) is 0. The number of hydrogen-bond acceptors (Lipinski definition) is 3. The Balaban J connectivity index is 1.91. The molecule has 30 heavy (non-hydrogen) atoms. The van der Waals surface area contributed by atoms with E-state index in [1.54, 1.807) is 0 Å². The molecule has 0 unspecified atom stereocenters. The Labute approximate surface area is 183 Å². The van der Waals surface area contributed by atoms with Gasteiger partial charge in [-0.15, -0.1) is 0 Å². The van der Waals surface area contributed by atoms with Gasteiger partial charge in [0, 0.05) is 17.8 Å². The average molecular weight is 426 g/mol. The van der Waals surface area contributed by atoms with E-state index in [9.17, 15) is 4.79 Å². The number of hydrogen-bond donors (Lipinski definition) is 0. The van der Waals surface area contributed by atoms with Gasteiger partial charge in [-0.05, 0) is 57.0 Å². The van der Waals surface area contributed by atoms with Crippen molar-refractivity contribution < 1.29 is 14.3 Å². The lowest BCUT2D eigenvalue weighted by molar-refractivity contribution is 0.0517. The molecule has 1 heterocycles. The van der Waals surface area contributed by atoms with Crippen molar-refractivity contribution in [3.63, 3.8) is 0 Å². The molecule has 0 saturated carbocycles. The molecule has 0 fully saturated rings. The van der Waals surface area contributed by atoms with E-state index in [0.29, 0.717) is 30.2 Å². The van der Waals surface area contributed by atoms with Crippen molar-refractivity contribution in [3.05, 3.63) is 87.7 Å². The number of benzene rings is 2. The molecule has 158 valence electrons. The standard InChI is InChI=1S/C25H28ClNO3/c1-5-29-25(28)22-15-21(14-18(3)30-16-20-9-7-6-8-10-20)27(19(22)4)24-12-11-17(2)13-23(24)26/h6-13,15,18H,5,14,16H2,1-4H3/t18-/m0/s1. The number of aromatic nitrogens is 1. The van der Waals surface area contributed by atoms with Crippen molar-refractivity contribution in [2.45, 2.75) is 46.8 Å². The van der Waals surface area contributed by atoms with Gasteiger partial charge in [0.1, 0.15) is 0 Å². The molecule has 0 aliphatic carbocycles. The van der Waals surface area contributed by atoms with Crippen molar-refractivity contribution in [2.24, 2.45) is 0 Å². The molecule has 3 aromatic rings. The molecule has 0 aliphatic rings. The molecule has 0 radical (unpaired) electrons. The summed E-state index contributed by atoms with van der Waals surface area (Å²) in [5, 5.41) is 0.642. The number of rotatable bonds is 8. The van der Waals surface area contributed by atoms with E-state index in [2.05, 4.69) is 0 Å². The van der Waals surface area contributed by atoms with Gasteiger partial charge in [0.05, 0.1) is 35.6 Å². The first kappa shape index (κ1) is 22.1. The van der Waals surface area contributed by atoms with Crippen molar-refractivity contribution in [3.8, 4) is 5.69 Å². The van der Waals surface area contributed by atoms with Gasteiger partial charge < -0.3 is 14.0 Å². The molecule has 3 rings (SSSR count). The van der Waals surface area contributed by atoms with Crippen LogP contribution in [0.3, 0.4) is 0 Å². The minimum absolute atomic E-state index is 0.0440. The van der Waals surface area contributed by atoms with Crippen LogP contribution in [0, 0.1) is 13.8 Å². The second-order valence-electron chi connectivity index (χ2n) is 7.46. The van der Waals surface area contributed by atoms with Crippen molar-refractivity contribution in [1.82, 2.24) is 4.57 Å². The third-order valence-corrected chi connectivity index (χ3v) is 5.34. The summed E-state index contributed by atoms with van der Waals surface area (Å²) in [6.07, 6.45) is 0.592. The van der Waals surface area contributed by atoms with E-state index < -0.39 is 0 Å². The Bertz CT molecular complexity index is 1010. The highest BCUT2D eigenvalue weighted by atomic mass is 35.5. The van der Waals surface area contributed by atoms with Gasteiger partial charge in [-0.25, -0.2) is 4.79 Å². The lowest BCUT2D eigenvalue weighted by Crippen LogP contribution is -2.15. The fourth-order valence-corrected chi connectivity index (χ4v) is 3.85. The first-order valence-electron chi connectivity index (χ1n) is 10.2. The molecule has 0 aliphatic heterocycles. The maximum absolute atomic E-state index is 12.5. The minimum atomic E-state index is -0.323. The summed E-state index contributed by atoms with van der Waals surface area (Å²) >= 11 is 6.57. The molecule has 0 bridgehead atoms. The van der Waals surface area contributed by atoms with Crippen LogP contribution in [0.5, 0.6) is 0 Å². The van der Waals surface area contributed by atoms with Gasteiger partial charge in [-0.2, -0.15) is 0 Å². The van der Waals surface area contributed by atoms with Gasteiger partial charge in [-0.3, -0.25) is 0 Å². The number of halogens is 1. The summed E-state index contributed by atoms with van der Waals surface area (Å²) in [6.45, 7) is 8.64. The topological polar surface area (TPSA) is 40.5 Å². The Morgan fingerprint density at radius 1 is 1.10 bits per heavy atom. The van der Waals surface area contributed by atoms with Crippen LogP contribution in [0.15, 0.2) is 54.6 Å². The highest BCUT2D eigenvalue weighted by molar-refractivity contribution is 6.32. The summed E-state index contributed by atoms with van der Waals surface area (Å²) in [6, 6.07) is 17.9. The smallest absolute Gasteiger partial charge is 0.339 e. The lowest BCUT2D eigenvalue weighted by Gasteiger charge is -2.18. The van der Waals surface area contributed by atoms with Gasteiger partial charge in [0.25, 0.3) is 0 Å². The van der Waals surface area contributed by atoms with Crippen LogP contribution >= 0.6 is 11.6 Å². The summed E-state index contributed by atoms with van der Waals surface area (Å²) < 4.78 is 13.4. The first-order chi connectivity index (χ1) is 14.4. The molecule has 1 aromatic heterocycles. The van der Waals surface area contributed by atoms with Gasteiger partial charge in [-0.1, -0.05) is 48.0 Å². The number of esters is 1. The maximum atomic E-state index is 12.5. The van der Waals surface area contributed by atoms with Gasteiger partial charge in [0.2, 0.25) is 0 Å². The number of nitrogens with zero attached hydrogens (tertiary/aromatic N) is 1. The zero-order valence-electron chi connectivity index (χ0n) is 17.9. The molecule has 0 amide bonds. The molecule has 0 N–H and O–H groups in total. The summed E-state index contributed by atoms with van der Waals surface area (Å²) in [5.74, 6) is -0.323. The maximum Gasteiger partial charge on any atom is 0.339 e. The van der Waals surface area contributed by atoms with Gasteiger partial charge in [0.15, 0.2) is 0 Å². The number of aryl methyl sites for hydroxylation is 1. The Morgan fingerprint density at radius 2 is 1.83 bits per heavy atom. The molecule has 5 heteroatoms. The van der Waals surface area contributed by atoms with Crippen LogP contribution in [0.4, 0.5) is 0 Å². The van der Waals surface area contributed by atoms with E-state index in [-0.39, 0.29) is 12.1 Å². The van der Waals surface area contributed by atoms with Crippen molar-refractivity contribution >= 4 is 17.6 Å². The highest BCUT2D eigenvalue weighted by Gasteiger charge is 2.22. The van der Waals surface area contributed by atoms with Crippen molar-refractivity contribution in [1.29, 1.82) is 0 Å². The zero-order valence-corrected chi connectivity index (χ0v) is 18.7. The normalized spacial score (nSPS) is 12.0. The van der Waals surface area contributed by atoms with Crippen LogP contribution in [0.2, 0.25) is 5.02 Å². The molecular weight excluding hydrogens is 398 g/mol. The fourth-order valence-electron chi connectivity index (χ4n) is 3.53. The van der Waals surface area contributed by atoms with E-state index in [1.165, 1.54) is 0 Å². The van der Waals surface area contributed by atoms with Crippen LogP contribution in [0.25, 0.3) is 5.69 Å². The monoisotopic (exact) mass is 425 g/mol. The van der Waals surface area contributed by atoms with E-state index in [0.717, 1.165) is 28.2 Å².